The van der Waals surface area contributed by atoms with Crippen LogP contribution in [-0.2, 0) is 6.42 Å². The lowest BCUT2D eigenvalue weighted by Gasteiger charge is -2.19. The molecule has 2 heteroatoms. The first-order valence-corrected chi connectivity index (χ1v) is 5.39. The van der Waals surface area contributed by atoms with Crippen LogP contribution in [0.15, 0.2) is 18.2 Å². The van der Waals surface area contributed by atoms with E-state index < -0.39 is 0 Å². The van der Waals surface area contributed by atoms with Crippen LogP contribution in [0, 0.1) is 0 Å². The first kappa shape index (κ1) is 9.38. The molecule has 0 saturated carbocycles. The Morgan fingerprint density at radius 1 is 1.36 bits per heavy atom. The molecule has 0 unspecified atom stereocenters. The highest BCUT2D eigenvalue weighted by Gasteiger charge is 2.08. The Kier molecular flexibility index (Phi) is 2.62. The minimum atomic E-state index is 0.497. The molecule has 0 aromatic heterocycles. The molecule has 0 spiro atoms. The minimum Gasteiger partial charge on any atom is -0.385 e. The van der Waals surface area contributed by atoms with Crippen molar-refractivity contribution >= 4 is 11.4 Å². The minimum absolute atomic E-state index is 0.497. The van der Waals surface area contributed by atoms with Crippen LogP contribution in [0.25, 0.3) is 0 Å². The first-order chi connectivity index (χ1) is 6.75. The maximum absolute atomic E-state index is 3.44. The molecule has 0 radical (unpaired) electrons. The molecule has 0 atom stereocenters. The van der Waals surface area contributed by atoms with Crippen LogP contribution in [0.5, 0.6) is 0 Å². The zero-order valence-electron chi connectivity index (χ0n) is 8.93. The molecule has 2 nitrogen and oxygen atoms in total. The van der Waals surface area contributed by atoms with Crippen molar-refractivity contribution in [3.05, 3.63) is 23.8 Å². The molecule has 0 saturated heterocycles. The number of nitrogens with one attached hydrogen (secondary N) is 2. The fourth-order valence-electron chi connectivity index (χ4n) is 1.88. The van der Waals surface area contributed by atoms with Crippen molar-refractivity contribution in [1.29, 1.82) is 0 Å². The second kappa shape index (κ2) is 3.91. The first-order valence-electron chi connectivity index (χ1n) is 5.39. The van der Waals surface area contributed by atoms with Gasteiger partial charge in [0.15, 0.2) is 0 Å². The molecular weight excluding hydrogens is 172 g/mol. The van der Waals surface area contributed by atoms with Gasteiger partial charge in [-0.15, -0.1) is 0 Å². The van der Waals surface area contributed by atoms with Gasteiger partial charge in [-0.05, 0) is 44.4 Å². The number of anilines is 2. The van der Waals surface area contributed by atoms with Crippen molar-refractivity contribution in [2.45, 2.75) is 32.7 Å². The van der Waals surface area contributed by atoms with Crippen LogP contribution >= 0.6 is 0 Å². The molecule has 0 amide bonds. The second-order valence-corrected chi connectivity index (χ2v) is 4.20. The summed E-state index contributed by atoms with van der Waals surface area (Å²) >= 11 is 0. The van der Waals surface area contributed by atoms with Crippen LogP contribution < -0.4 is 10.6 Å². The van der Waals surface area contributed by atoms with E-state index in [1.165, 1.54) is 29.8 Å². The van der Waals surface area contributed by atoms with Crippen molar-refractivity contribution in [3.63, 3.8) is 0 Å². The fraction of sp³-hybridized carbons (Fsp3) is 0.500. The Morgan fingerprint density at radius 2 is 2.21 bits per heavy atom. The summed E-state index contributed by atoms with van der Waals surface area (Å²) in [5.41, 5.74) is 3.97. The quantitative estimate of drug-likeness (QED) is 0.749. The maximum atomic E-state index is 3.44. The monoisotopic (exact) mass is 190 g/mol. The summed E-state index contributed by atoms with van der Waals surface area (Å²) in [7, 11) is 0. The van der Waals surface area contributed by atoms with Crippen LogP contribution in [0.2, 0.25) is 0 Å². The van der Waals surface area contributed by atoms with E-state index in [1.807, 2.05) is 0 Å². The predicted molar refractivity (Wildman–Crippen MR) is 62.0 cm³/mol. The van der Waals surface area contributed by atoms with E-state index in [-0.39, 0.29) is 0 Å². The molecule has 1 aromatic carbocycles. The summed E-state index contributed by atoms with van der Waals surface area (Å²) in [6.07, 6.45) is 2.47. The van der Waals surface area contributed by atoms with Crippen molar-refractivity contribution in [1.82, 2.24) is 0 Å². The van der Waals surface area contributed by atoms with Gasteiger partial charge in [-0.25, -0.2) is 0 Å². The summed E-state index contributed by atoms with van der Waals surface area (Å²) in [5.74, 6) is 0. The molecule has 1 heterocycles. The zero-order valence-corrected chi connectivity index (χ0v) is 8.93. The number of aryl methyl sites for hydroxylation is 1. The van der Waals surface area contributed by atoms with Crippen LogP contribution in [0.3, 0.4) is 0 Å². The topological polar surface area (TPSA) is 24.1 Å². The van der Waals surface area contributed by atoms with Gasteiger partial charge in [0, 0.05) is 24.0 Å². The van der Waals surface area contributed by atoms with E-state index in [1.54, 1.807) is 0 Å². The Balaban J connectivity index is 2.20. The standard InChI is InChI=1S/C12H18N2/c1-9(2)14-11-6-5-10-4-3-7-13-12(10)8-11/h5-6,8-9,13-14H,3-4,7H2,1-2H3. The molecular formula is C12H18N2. The van der Waals surface area contributed by atoms with Gasteiger partial charge in [0.1, 0.15) is 0 Å². The molecule has 1 aliphatic heterocycles. The van der Waals surface area contributed by atoms with Crippen LogP contribution in [0.1, 0.15) is 25.8 Å². The van der Waals surface area contributed by atoms with Gasteiger partial charge in [0.05, 0.1) is 0 Å². The lowest BCUT2D eigenvalue weighted by Crippen LogP contribution is -2.14. The smallest absolute Gasteiger partial charge is 0.0393 e. The van der Waals surface area contributed by atoms with E-state index in [2.05, 4.69) is 42.7 Å². The van der Waals surface area contributed by atoms with Gasteiger partial charge in [0.2, 0.25) is 0 Å². The van der Waals surface area contributed by atoms with Crippen LogP contribution in [-0.4, -0.2) is 12.6 Å². The maximum Gasteiger partial charge on any atom is 0.0393 e. The van der Waals surface area contributed by atoms with Gasteiger partial charge in [0.25, 0.3) is 0 Å². The number of hydrogen-bond donors (Lipinski definition) is 2. The summed E-state index contributed by atoms with van der Waals surface area (Å²) in [6, 6.07) is 7.11. The highest BCUT2D eigenvalue weighted by atomic mass is 14.9. The van der Waals surface area contributed by atoms with E-state index in [0.717, 1.165) is 6.54 Å². The lowest BCUT2D eigenvalue weighted by atomic mass is 10.0. The number of fused-ring (bicyclic) bond motifs is 1. The molecule has 2 N–H and O–H groups in total. The molecule has 1 aliphatic rings. The van der Waals surface area contributed by atoms with E-state index in [0.29, 0.717) is 6.04 Å². The third kappa shape index (κ3) is 2.00. The van der Waals surface area contributed by atoms with Gasteiger partial charge in [-0.1, -0.05) is 6.07 Å². The molecule has 1 aromatic rings. The second-order valence-electron chi connectivity index (χ2n) is 4.20. The van der Waals surface area contributed by atoms with Gasteiger partial charge >= 0.3 is 0 Å². The highest BCUT2D eigenvalue weighted by Crippen LogP contribution is 2.25. The summed E-state index contributed by atoms with van der Waals surface area (Å²) < 4.78 is 0. The van der Waals surface area contributed by atoms with Crippen molar-refractivity contribution in [3.8, 4) is 0 Å². The summed E-state index contributed by atoms with van der Waals surface area (Å²) in [5, 5.41) is 6.85. The third-order valence-electron chi connectivity index (χ3n) is 2.50. The number of hydrogen-bond acceptors (Lipinski definition) is 2. The fourth-order valence-corrected chi connectivity index (χ4v) is 1.88. The van der Waals surface area contributed by atoms with Gasteiger partial charge in [-0.3, -0.25) is 0 Å². The molecule has 2 rings (SSSR count). The van der Waals surface area contributed by atoms with Crippen LogP contribution in [0.4, 0.5) is 11.4 Å². The Labute approximate surface area is 85.7 Å². The Hall–Kier alpha value is -1.18. The normalized spacial score (nSPS) is 14.8. The lowest BCUT2D eigenvalue weighted by molar-refractivity contribution is 0.829. The average molecular weight is 190 g/mol. The molecule has 0 fully saturated rings. The molecule has 76 valence electrons. The largest absolute Gasteiger partial charge is 0.385 e. The van der Waals surface area contributed by atoms with Gasteiger partial charge in [-0.2, -0.15) is 0 Å². The summed E-state index contributed by atoms with van der Waals surface area (Å²) in [6.45, 7) is 5.43. The SMILES string of the molecule is CC(C)Nc1ccc2c(c1)NCCC2. The van der Waals surface area contributed by atoms with Gasteiger partial charge < -0.3 is 10.6 Å². The van der Waals surface area contributed by atoms with E-state index in [4.69, 9.17) is 0 Å². The summed E-state index contributed by atoms with van der Waals surface area (Å²) in [4.78, 5) is 0. The van der Waals surface area contributed by atoms with E-state index in [9.17, 15) is 0 Å². The highest BCUT2D eigenvalue weighted by molar-refractivity contribution is 5.62. The average Bonchev–Trinajstić information content (AvgIpc) is 2.17. The third-order valence-corrected chi connectivity index (χ3v) is 2.50. The molecule has 0 aliphatic carbocycles. The Morgan fingerprint density at radius 3 is 3.00 bits per heavy atom. The number of benzene rings is 1. The van der Waals surface area contributed by atoms with E-state index >= 15 is 0 Å². The molecule has 0 bridgehead atoms. The number of rotatable bonds is 2. The van der Waals surface area contributed by atoms with Crippen molar-refractivity contribution in [2.75, 3.05) is 17.2 Å². The van der Waals surface area contributed by atoms with Crippen molar-refractivity contribution in [2.24, 2.45) is 0 Å². The van der Waals surface area contributed by atoms with Crippen molar-refractivity contribution < 1.29 is 0 Å². The molecule has 14 heavy (non-hydrogen) atoms. The zero-order chi connectivity index (χ0) is 9.97. The Bertz CT molecular complexity index is 318. The predicted octanol–water partition coefficient (Wildman–Crippen LogP) is 2.87.